The molecule has 36 heavy (non-hydrogen) atoms. The van der Waals surface area contributed by atoms with Gasteiger partial charge in [-0.2, -0.15) is 5.10 Å². The quantitative estimate of drug-likeness (QED) is 0.284. The van der Waals surface area contributed by atoms with Crippen molar-refractivity contribution in [2.45, 2.75) is 18.8 Å². The van der Waals surface area contributed by atoms with E-state index in [2.05, 4.69) is 5.10 Å². The van der Waals surface area contributed by atoms with Crippen molar-refractivity contribution >= 4 is 35.0 Å². The van der Waals surface area contributed by atoms with Crippen LogP contribution in [0, 0.1) is 0 Å². The SMILES string of the molecule is O=C(Cc1ccn(-c2ccccc2Cl)n1)c1ccc(Oc2cc3c(cc2Cl)C(C(=O)O)CCO3)cc1. The molecule has 2 heterocycles. The van der Waals surface area contributed by atoms with Gasteiger partial charge in [0.2, 0.25) is 0 Å². The molecule has 0 saturated heterocycles. The second-order valence-electron chi connectivity index (χ2n) is 8.28. The molecule has 0 fully saturated rings. The van der Waals surface area contributed by atoms with Crippen molar-refractivity contribution in [2.75, 3.05) is 6.61 Å². The minimum Gasteiger partial charge on any atom is -0.493 e. The molecule has 1 N–H and O–H groups in total. The Morgan fingerprint density at radius 3 is 2.58 bits per heavy atom. The molecule has 0 aliphatic carbocycles. The molecule has 0 spiro atoms. The number of hydrogen-bond donors (Lipinski definition) is 1. The van der Waals surface area contributed by atoms with Crippen LogP contribution < -0.4 is 9.47 Å². The van der Waals surface area contributed by atoms with E-state index in [1.54, 1.807) is 59.4 Å². The van der Waals surface area contributed by atoms with Crippen LogP contribution in [-0.4, -0.2) is 33.2 Å². The molecule has 1 aliphatic rings. The van der Waals surface area contributed by atoms with Gasteiger partial charge in [-0.25, -0.2) is 4.68 Å². The maximum atomic E-state index is 12.8. The van der Waals surface area contributed by atoms with Crippen molar-refractivity contribution in [3.8, 4) is 22.9 Å². The summed E-state index contributed by atoms with van der Waals surface area (Å²) in [5, 5.41) is 14.8. The largest absolute Gasteiger partial charge is 0.493 e. The highest BCUT2D eigenvalue weighted by molar-refractivity contribution is 6.32. The highest BCUT2D eigenvalue weighted by Crippen LogP contribution is 2.41. The zero-order valence-electron chi connectivity index (χ0n) is 18.9. The van der Waals surface area contributed by atoms with Gasteiger partial charge in [-0.15, -0.1) is 0 Å². The third-order valence-corrected chi connectivity index (χ3v) is 6.51. The van der Waals surface area contributed by atoms with Crippen molar-refractivity contribution in [1.29, 1.82) is 0 Å². The van der Waals surface area contributed by atoms with E-state index in [9.17, 15) is 14.7 Å². The highest BCUT2D eigenvalue weighted by atomic mass is 35.5. The highest BCUT2D eigenvalue weighted by Gasteiger charge is 2.29. The molecular formula is C27H20Cl2N2O5. The number of para-hydroxylation sites is 1. The van der Waals surface area contributed by atoms with Gasteiger partial charge in [0.05, 0.1) is 40.4 Å². The second-order valence-corrected chi connectivity index (χ2v) is 9.09. The number of ether oxygens (including phenoxy) is 2. The number of hydrogen-bond acceptors (Lipinski definition) is 5. The summed E-state index contributed by atoms with van der Waals surface area (Å²) in [6.07, 6.45) is 2.29. The standard InChI is InChI=1S/C27H20Cl2N2O5/c28-21-3-1-2-4-23(21)31-11-9-17(30-31)13-24(32)16-5-7-18(8-6-16)36-26-15-25-20(14-22(26)29)19(27(33)34)10-12-35-25/h1-9,11,14-15,19H,10,12-13H2,(H,33,34). The normalized spacial score (nSPS) is 14.6. The first-order chi connectivity index (χ1) is 17.4. The maximum absolute atomic E-state index is 12.8. The van der Waals surface area contributed by atoms with Crippen LogP contribution in [0.5, 0.6) is 17.2 Å². The van der Waals surface area contributed by atoms with Gasteiger partial charge < -0.3 is 14.6 Å². The topological polar surface area (TPSA) is 90.7 Å². The van der Waals surface area contributed by atoms with Crippen LogP contribution in [-0.2, 0) is 11.2 Å². The lowest BCUT2D eigenvalue weighted by Gasteiger charge is -2.24. The Bertz CT molecular complexity index is 1450. The number of carbonyl (C=O) groups is 2. The van der Waals surface area contributed by atoms with Crippen molar-refractivity contribution in [1.82, 2.24) is 9.78 Å². The molecule has 0 saturated carbocycles. The molecule has 1 atom stereocenters. The lowest BCUT2D eigenvalue weighted by atomic mass is 9.93. The molecule has 3 aromatic carbocycles. The van der Waals surface area contributed by atoms with Gasteiger partial charge in [0.25, 0.3) is 0 Å². The number of aromatic nitrogens is 2. The summed E-state index contributed by atoms with van der Waals surface area (Å²) in [5.74, 6) is -0.420. The summed E-state index contributed by atoms with van der Waals surface area (Å²) in [6.45, 7) is 0.304. The first kappa shape index (κ1) is 23.9. The molecule has 5 rings (SSSR count). The molecular weight excluding hydrogens is 503 g/mol. The summed E-state index contributed by atoms with van der Waals surface area (Å²) in [7, 11) is 0. The molecule has 7 nitrogen and oxygen atoms in total. The molecule has 9 heteroatoms. The van der Waals surface area contributed by atoms with Crippen LogP contribution in [0.2, 0.25) is 10.0 Å². The summed E-state index contributed by atoms with van der Waals surface area (Å²) in [5.41, 5.74) is 2.41. The monoisotopic (exact) mass is 522 g/mol. The molecule has 1 unspecified atom stereocenters. The Morgan fingerprint density at radius 2 is 1.83 bits per heavy atom. The lowest BCUT2D eigenvalue weighted by Crippen LogP contribution is -2.20. The van der Waals surface area contributed by atoms with Crippen molar-refractivity contribution in [2.24, 2.45) is 0 Å². The third-order valence-electron chi connectivity index (χ3n) is 5.89. The van der Waals surface area contributed by atoms with Crippen molar-refractivity contribution in [3.05, 3.63) is 99.8 Å². The lowest BCUT2D eigenvalue weighted by molar-refractivity contribution is -0.139. The molecule has 1 aliphatic heterocycles. The van der Waals surface area contributed by atoms with Gasteiger partial charge in [-0.1, -0.05) is 35.3 Å². The maximum Gasteiger partial charge on any atom is 0.311 e. The first-order valence-electron chi connectivity index (χ1n) is 11.2. The van der Waals surface area contributed by atoms with Gasteiger partial charge in [-0.3, -0.25) is 9.59 Å². The van der Waals surface area contributed by atoms with E-state index in [0.717, 1.165) is 5.69 Å². The molecule has 182 valence electrons. The summed E-state index contributed by atoms with van der Waals surface area (Å²) < 4.78 is 13.2. The van der Waals surface area contributed by atoms with E-state index in [-0.39, 0.29) is 17.2 Å². The van der Waals surface area contributed by atoms with E-state index in [4.69, 9.17) is 32.7 Å². The van der Waals surface area contributed by atoms with Crippen LogP contribution in [0.25, 0.3) is 5.69 Å². The number of benzene rings is 3. The van der Waals surface area contributed by atoms with Gasteiger partial charge in [0.15, 0.2) is 5.78 Å². The van der Waals surface area contributed by atoms with Gasteiger partial charge in [0.1, 0.15) is 17.2 Å². The van der Waals surface area contributed by atoms with Crippen LogP contribution in [0.1, 0.15) is 34.0 Å². The summed E-state index contributed by atoms with van der Waals surface area (Å²) in [4.78, 5) is 24.3. The van der Waals surface area contributed by atoms with Crippen LogP contribution in [0.4, 0.5) is 0 Å². The minimum atomic E-state index is -0.917. The van der Waals surface area contributed by atoms with E-state index in [1.165, 1.54) is 0 Å². The van der Waals surface area contributed by atoms with Gasteiger partial charge in [-0.05, 0) is 55.0 Å². The number of nitrogens with zero attached hydrogens (tertiary/aromatic N) is 2. The molecule has 0 amide bonds. The number of carboxylic acids is 1. The van der Waals surface area contributed by atoms with E-state index in [1.807, 2.05) is 18.2 Å². The fraction of sp³-hybridized carbons (Fsp3) is 0.148. The molecule has 4 aromatic rings. The average molecular weight is 523 g/mol. The first-order valence-corrected chi connectivity index (χ1v) is 11.9. The third kappa shape index (κ3) is 4.94. The summed E-state index contributed by atoms with van der Waals surface area (Å²) >= 11 is 12.6. The number of carbonyl (C=O) groups excluding carboxylic acids is 1. The smallest absolute Gasteiger partial charge is 0.311 e. The second kappa shape index (κ2) is 10.0. The van der Waals surface area contributed by atoms with Crippen LogP contribution in [0.15, 0.2) is 72.9 Å². The Balaban J connectivity index is 1.27. The Morgan fingerprint density at radius 1 is 1.06 bits per heavy atom. The van der Waals surface area contributed by atoms with Crippen molar-refractivity contribution in [3.63, 3.8) is 0 Å². The fourth-order valence-corrected chi connectivity index (χ4v) is 4.49. The number of carboxylic acid groups (broad SMARTS) is 1. The number of rotatable bonds is 7. The number of Topliss-reactive ketones (excluding diaryl/α,β-unsaturated/α-hetero) is 1. The zero-order valence-corrected chi connectivity index (χ0v) is 20.4. The Kier molecular flexibility index (Phi) is 6.67. The Labute approximate surface area is 216 Å². The Hall–Kier alpha value is -3.81. The zero-order chi connectivity index (χ0) is 25.2. The molecule has 0 radical (unpaired) electrons. The minimum absolute atomic E-state index is 0.0918. The number of aliphatic carboxylic acids is 1. The van der Waals surface area contributed by atoms with Crippen LogP contribution >= 0.6 is 23.2 Å². The van der Waals surface area contributed by atoms with E-state index < -0.39 is 11.9 Å². The van der Waals surface area contributed by atoms with Crippen molar-refractivity contribution < 1.29 is 24.2 Å². The predicted octanol–water partition coefficient (Wildman–Crippen LogP) is 6.35. The van der Waals surface area contributed by atoms with Gasteiger partial charge >= 0.3 is 5.97 Å². The average Bonchev–Trinajstić information content (AvgIpc) is 3.33. The number of ketones is 1. The van der Waals surface area contributed by atoms with E-state index >= 15 is 0 Å². The number of halogens is 2. The number of fused-ring (bicyclic) bond motifs is 1. The predicted molar refractivity (Wildman–Crippen MR) is 135 cm³/mol. The fourth-order valence-electron chi connectivity index (χ4n) is 4.05. The van der Waals surface area contributed by atoms with E-state index in [0.29, 0.717) is 52.1 Å². The van der Waals surface area contributed by atoms with Crippen LogP contribution in [0.3, 0.4) is 0 Å². The van der Waals surface area contributed by atoms with Gasteiger partial charge in [0, 0.05) is 23.4 Å². The molecule has 1 aromatic heterocycles. The summed E-state index contributed by atoms with van der Waals surface area (Å²) in [6, 6.07) is 19.0. The molecule has 0 bridgehead atoms.